The number of likely N-dealkylation sites (tertiary alicyclic amines) is 1. The van der Waals surface area contributed by atoms with E-state index in [4.69, 9.17) is 0 Å². The summed E-state index contributed by atoms with van der Waals surface area (Å²) >= 11 is 0. The van der Waals surface area contributed by atoms with Crippen LogP contribution in [-0.4, -0.2) is 64.0 Å². The number of pyridine rings is 1. The normalized spacial score (nSPS) is 15.5. The van der Waals surface area contributed by atoms with Crippen molar-refractivity contribution in [3.63, 3.8) is 0 Å². The second kappa shape index (κ2) is 8.71. The van der Waals surface area contributed by atoms with Crippen molar-refractivity contribution in [1.29, 1.82) is 0 Å². The van der Waals surface area contributed by atoms with Crippen LogP contribution in [0.25, 0.3) is 11.1 Å². The first kappa shape index (κ1) is 20.8. The van der Waals surface area contributed by atoms with Gasteiger partial charge in [0.1, 0.15) is 5.69 Å². The number of aromatic amines is 1. The number of benzene rings is 1. The van der Waals surface area contributed by atoms with E-state index in [0.717, 1.165) is 16.7 Å². The first-order chi connectivity index (χ1) is 15.0. The average Bonchev–Trinajstić information content (AvgIpc) is 3.34. The Morgan fingerprint density at radius 1 is 1.03 bits per heavy atom. The number of nitrogens with zero attached hydrogens (tertiary/aromatic N) is 4. The van der Waals surface area contributed by atoms with E-state index in [2.05, 4.69) is 27.3 Å². The number of nitrogens with one attached hydrogen (secondary N) is 1. The van der Waals surface area contributed by atoms with Gasteiger partial charge < -0.3 is 9.80 Å². The zero-order valence-corrected chi connectivity index (χ0v) is 17.9. The molecule has 4 rings (SSSR count). The standard InChI is InChI=1S/C24H27N5O2/c1-28(2)23(31)24(10-15-29(16-11-24)22(30)21-9-14-26-27-21)17-19-5-3-4-6-20(19)18-7-12-25-13-8-18/h3-9,12-14H,10-11,15-17H2,1-2H3,(H,26,27). The summed E-state index contributed by atoms with van der Waals surface area (Å²) in [4.78, 5) is 33.7. The third-order valence-corrected chi connectivity index (χ3v) is 6.14. The smallest absolute Gasteiger partial charge is 0.271 e. The van der Waals surface area contributed by atoms with Crippen LogP contribution in [0.5, 0.6) is 0 Å². The maximum absolute atomic E-state index is 13.4. The molecule has 2 aromatic heterocycles. The Bertz CT molecular complexity index is 1040. The maximum atomic E-state index is 13.4. The largest absolute Gasteiger partial charge is 0.348 e. The molecule has 0 radical (unpaired) electrons. The molecule has 0 atom stereocenters. The van der Waals surface area contributed by atoms with Gasteiger partial charge in [-0.15, -0.1) is 0 Å². The molecule has 160 valence electrons. The van der Waals surface area contributed by atoms with Crippen LogP contribution >= 0.6 is 0 Å². The number of H-pyrrole nitrogens is 1. The number of aromatic nitrogens is 3. The summed E-state index contributed by atoms with van der Waals surface area (Å²) in [6.07, 6.45) is 7.02. The average molecular weight is 418 g/mol. The summed E-state index contributed by atoms with van der Waals surface area (Å²) in [5.41, 5.74) is 3.28. The number of hydrogen-bond donors (Lipinski definition) is 1. The van der Waals surface area contributed by atoms with Crippen LogP contribution in [0.4, 0.5) is 0 Å². The first-order valence-corrected chi connectivity index (χ1v) is 10.5. The summed E-state index contributed by atoms with van der Waals surface area (Å²) in [7, 11) is 3.61. The van der Waals surface area contributed by atoms with Gasteiger partial charge in [-0.2, -0.15) is 5.10 Å². The molecule has 3 aromatic rings. The lowest BCUT2D eigenvalue weighted by molar-refractivity contribution is -0.142. The van der Waals surface area contributed by atoms with E-state index in [1.54, 1.807) is 43.7 Å². The third kappa shape index (κ3) is 4.21. The zero-order valence-electron chi connectivity index (χ0n) is 17.9. The lowest BCUT2D eigenvalue weighted by Gasteiger charge is -2.42. The monoisotopic (exact) mass is 417 g/mol. The predicted molar refractivity (Wildman–Crippen MR) is 118 cm³/mol. The van der Waals surface area contributed by atoms with Gasteiger partial charge in [0.2, 0.25) is 5.91 Å². The van der Waals surface area contributed by atoms with Crippen molar-refractivity contribution in [2.24, 2.45) is 5.41 Å². The van der Waals surface area contributed by atoms with E-state index in [1.165, 1.54) is 0 Å². The number of rotatable bonds is 5. The summed E-state index contributed by atoms with van der Waals surface area (Å²) in [5.74, 6) is 0.0475. The zero-order chi connectivity index (χ0) is 21.8. The van der Waals surface area contributed by atoms with E-state index in [9.17, 15) is 9.59 Å². The summed E-state index contributed by atoms with van der Waals surface area (Å²) < 4.78 is 0. The van der Waals surface area contributed by atoms with Crippen molar-refractivity contribution in [2.75, 3.05) is 27.2 Å². The van der Waals surface area contributed by atoms with E-state index >= 15 is 0 Å². The van der Waals surface area contributed by atoms with Gasteiger partial charge >= 0.3 is 0 Å². The van der Waals surface area contributed by atoms with Crippen molar-refractivity contribution in [3.05, 3.63) is 72.3 Å². The topological polar surface area (TPSA) is 82.2 Å². The van der Waals surface area contributed by atoms with Gasteiger partial charge in [-0.1, -0.05) is 24.3 Å². The van der Waals surface area contributed by atoms with E-state index in [1.807, 2.05) is 29.2 Å². The molecule has 1 saturated heterocycles. The molecule has 1 fully saturated rings. The van der Waals surface area contributed by atoms with Crippen LogP contribution < -0.4 is 0 Å². The molecule has 2 amide bonds. The number of carbonyl (C=O) groups excluding carboxylic acids is 2. The Hall–Kier alpha value is -3.48. The molecule has 1 aliphatic heterocycles. The fraction of sp³-hybridized carbons (Fsp3) is 0.333. The molecule has 0 saturated carbocycles. The number of hydrogen-bond acceptors (Lipinski definition) is 4. The van der Waals surface area contributed by atoms with Crippen molar-refractivity contribution >= 4 is 11.8 Å². The van der Waals surface area contributed by atoms with Crippen molar-refractivity contribution in [3.8, 4) is 11.1 Å². The SMILES string of the molecule is CN(C)C(=O)C1(Cc2ccccc2-c2ccncc2)CCN(C(=O)c2ccn[nH]2)CC1. The van der Waals surface area contributed by atoms with Gasteiger partial charge in [0.15, 0.2) is 0 Å². The van der Waals surface area contributed by atoms with Crippen LogP contribution in [0.1, 0.15) is 28.9 Å². The van der Waals surface area contributed by atoms with Gasteiger partial charge in [0.25, 0.3) is 5.91 Å². The molecule has 31 heavy (non-hydrogen) atoms. The van der Waals surface area contributed by atoms with Crippen molar-refractivity contribution < 1.29 is 9.59 Å². The molecular formula is C24H27N5O2. The van der Waals surface area contributed by atoms with E-state index in [-0.39, 0.29) is 11.8 Å². The van der Waals surface area contributed by atoms with Gasteiger partial charge in [-0.3, -0.25) is 19.7 Å². The first-order valence-electron chi connectivity index (χ1n) is 10.5. The summed E-state index contributed by atoms with van der Waals surface area (Å²) in [6, 6.07) is 13.9. The van der Waals surface area contributed by atoms with Crippen LogP contribution in [-0.2, 0) is 11.2 Å². The minimum absolute atomic E-state index is 0.0689. The van der Waals surface area contributed by atoms with Gasteiger partial charge in [0, 0.05) is 45.8 Å². The van der Waals surface area contributed by atoms with Crippen molar-refractivity contribution in [1.82, 2.24) is 25.0 Å². The van der Waals surface area contributed by atoms with Crippen LogP contribution in [0, 0.1) is 5.41 Å². The Labute approximate surface area is 182 Å². The number of amides is 2. The van der Waals surface area contributed by atoms with Crippen LogP contribution in [0.2, 0.25) is 0 Å². The lowest BCUT2D eigenvalue weighted by atomic mass is 9.71. The van der Waals surface area contributed by atoms with Crippen LogP contribution in [0.15, 0.2) is 61.1 Å². The Balaban J connectivity index is 1.61. The minimum atomic E-state index is -0.544. The lowest BCUT2D eigenvalue weighted by Crippen LogP contribution is -2.51. The highest BCUT2D eigenvalue weighted by atomic mass is 16.2. The molecule has 0 bridgehead atoms. The van der Waals surface area contributed by atoms with E-state index in [0.29, 0.717) is 38.0 Å². The van der Waals surface area contributed by atoms with Gasteiger partial charge in [-0.25, -0.2) is 0 Å². The molecule has 1 aliphatic rings. The third-order valence-electron chi connectivity index (χ3n) is 6.14. The summed E-state index contributed by atoms with van der Waals surface area (Å²) in [6.45, 7) is 1.07. The fourth-order valence-electron chi connectivity index (χ4n) is 4.48. The summed E-state index contributed by atoms with van der Waals surface area (Å²) in [5, 5.41) is 6.61. The second-order valence-electron chi connectivity index (χ2n) is 8.31. The Morgan fingerprint density at radius 3 is 2.39 bits per heavy atom. The minimum Gasteiger partial charge on any atom is -0.348 e. The number of piperidine rings is 1. The molecular weight excluding hydrogens is 390 g/mol. The fourth-order valence-corrected chi connectivity index (χ4v) is 4.48. The Kier molecular flexibility index (Phi) is 5.84. The predicted octanol–water partition coefficient (Wildman–Crippen LogP) is 3.03. The number of carbonyl (C=O) groups is 2. The van der Waals surface area contributed by atoms with Crippen molar-refractivity contribution in [2.45, 2.75) is 19.3 Å². The van der Waals surface area contributed by atoms with Gasteiger partial charge in [-0.05, 0) is 54.2 Å². The molecule has 7 nitrogen and oxygen atoms in total. The molecule has 3 heterocycles. The maximum Gasteiger partial charge on any atom is 0.271 e. The second-order valence-corrected chi connectivity index (χ2v) is 8.31. The van der Waals surface area contributed by atoms with Crippen LogP contribution in [0.3, 0.4) is 0 Å². The highest BCUT2D eigenvalue weighted by molar-refractivity contribution is 5.92. The highest BCUT2D eigenvalue weighted by Crippen LogP contribution is 2.39. The highest BCUT2D eigenvalue weighted by Gasteiger charge is 2.43. The quantitative estimate of drug-likeness (QED) is 0.692. The Morgan fingerprint density at radius 2 is 1.74 bits per heavy atom. The molecule has 1 N–H and O–H groups in total. The molecule has 1 aromatic carbocycles. The molecule has 7 heteroatoms. The van der Waals surface area contributed by atoms with E-state index < -0.39 is 5.41 Å². The molecule has 0 aliphatic carbocycles. The van der Waals surface area contributed by atoms with Gasteiger partial charge in [0.05, 0.1) is 5.41 Å². The molecule has 0 spiro atoms. The molecule has 0 unspecified atom stereocenters.